The first-order valence-electron chi connectivity index (χ1n) is 11.6. The van der Waals surface area contributed by atoms with E-state index in [1.54, 1.807) is 0 Å². The highest BCUT2D eigenvalue weighted by atomic mass is 16.5. The van der Waals surface area contributed by atoms with Gasteiger partial charge in [0.1, 0.15) is 0 Å². The summed E-state index contributed by atoms with van der Waals surface area (Å²) in [6, 6.07) is 12.5. The average Bonchev–Trinajstić information content (AvgIpc) is 3.16. The zero-order valence-electron chi connectivity index (χ0n) is 19.1. The molecule has 2 aromatic heterocycles. The van der Waals surface area contributed by atoms with Crippen molar-refractivity contribution in [1.82, 2.24) is 19.7 Å². The van der Waals surface area contributed by atoms with Gasteiger partial charge in [-0.25, -0.2) is 14.5 Å². The summed E-state index contributed by atoms with van der Waals surface area (Å²) in [5.74, 6) is 0.0314. The summed E-state index contributed by atoms with van der Waals surface area (Å²) in [5.41, 5.74) is 4.19. The maximum atomic E-state index is 12.5. The third-order valence-corrected chi connectivity index (χ3v) is 6.92. The number of esters is 1. The second-order valence-corrected chi connectivity index (χ2v) is 9.09. The molecule has 0 amide bonds. The Balaban J connectivity index is 1.69. The lowest BCUT2D eigenvalue weighted by atomic mass is 9.82. The van der Waals surface area contributed by atoms with Gasteiger partial charge in [-0.15, -0.1) is 0 Å². The minimum absolute atomic E-state index is 0.332. The van der Waals surface area contributed by atoms with Crippen LogP contribution in [0.25, 0.3) is 16.7 Å². The minimum atomic E-state index is -0.417. The van der Waals surface area contributed by atoms with Gasteiger partial charge in [0, 0.05) is 38.1 Å². The highest BCUT2D eigenvalue weighted by Crippen LogP contribution is 2.42. The van der Waals surface area contributed by atoms with Crippen LogP contribution in [0.2, 0.25) is 0 Å². The fourth-order valence-electron chi connectivity index (χ4n) is 4.78. The first-order chi connectivity index (χ1) is 15.6. The van der Waals surface area contributed by atoms with E-state index in [1.165, 1.54) is 13.5 Å². The first-order valence-corrected chi connectivity index (χ1v) is 11.6. The van der Waals surface area contributed by atoms with E-state index < -0.39 is 5.97 Å². The van der Waals surface area contributed by atoms with Gasteiger partial charge in [0.2, 0.25) is 0 Å². The molecule has 5 rings (SSSR count). The van der Waals surface area contributed by atoms with Crippen LogP contribution < -0.4 is 4.90 Å². The van der Waals surface area contributed by atoms with Crippen molar-refractivity contribution in [2.75, 3.05) is 38.2 Å². The maximum Gasteiger partial charge on any atom is 0.356 e. The molecule has 7 nitrogen and oxygen atoms in total. The quantitative estimate of drug-likeness (QED) is 0.567. The molecule has 0 spiro atoms. The Morgan fingerprint density at radius 2 is 1.81 bits per heavy atom. The van der Waals surface area contributed by atoms with E-state index in [1.807, 2.05) is 41.1 Å². The van der Waals surface area contributed by atoms with Crippen molar-refractivity contribution in [1.29, 1.82) is 0 Å². The Bertz CT molecular complexity index is 1110. The average molecular weight is 434 g/mol. The number of carbonyl (C=O) groups is 1. The minimum Gasteiger partial charge on any atom is -0.464 e. The summed E-state index contributed by atoms with van der Waals surface area (Å²) >= 11 is 0. The molecule has 32 heavy (non-hydrogen) atoms. The summed E-state index contributed by atoms with van der Waals surface area (Å²) in [6.07, 6.45) is 3.54. The molecule has 1 saturated heterocycles. The van der Waals surface area contributed by atoms with Crippen LogP contribution in [0.15, 0.2) is 36.4 Å². The molecule has 0 bridgehead atoms. The Morgan fingerprint density at radius 1 is 1.09 bits per heavy atom. The number of piperazine rings is 1. The summed E-state index contributed by atoms with van der Waals surface area (Å²) < 4.78 is 6.96. The largest absolute Gasteiger partial charge is 0.464 e. The number of pyridine rings is 1. The van der Waals surface area contributed by atoms with E-state index in [2.05, 4.69) is 23.6 Å². The zero-order chi connectivity index (χ0) is 22.2. The van der Waals surface area contributed by atoms with Gasteiger partial charge in [-0.05, 0) is 44.9 Å². The fraction of sp³-hybridized carbons (Fsp3) is 0.480. The monoisotopic (exact) mass is 433 g/mol. The topological polar surface area (TPSA) is 63.5 Å². The number of rotatable bonds is 5. The second-order valence-electron chi connectivity index (χ2n) is 9.09. The molecule has 3 aromatic rings. The van der Waals surface area contributed by atoms with Crippen molar-refractivity contribution >= 4 is 22.7 Å². The molecule has 0 unspecified atom stereocenters. The smallest absolute Gasteiger partial charge is 0.356 e. The molecule has 1 aliphatic heterocycles. The number of carbonyl (C=O) groups excluding carboxylic acids is 1. The number of aromatic nitrogens is 3. The number of anilines is 1. The Hall–Kier alpha value is -2.93. The molecule has 0 atom stereocenters. The third kappa shape index (κ3) is 3.64. The standard InChI is InChI=1S/C25H31N5O2/c1-17(2)28-12-14-29(15-13-28)21-16-20(25(31)32-3)26-24-22(21)23(18-8-7-9-18)27-30(24)19-10-5-4-6-11-19/h4-6,10-11,16-18H,7-9,12-15H2,1-3H3. The van der Waals surface area contributed by atoms with Crippen molar-refractivity contribution in [3.8, 4) is 5.69 Å². The molecule has 168 valence electrons. The van der Waals surface area contributed by atoms with Crippen molar-refractivity contribution < 1.29 is 9.53 Å². The summed E-state index contributed by atoms with van der Waals surface area (Å²) in [7, 11) is 1.41. The van der Waals surface area contributed by atoms with Gasteiger partial charge in [0.15, 0.2) is 11.3 Å². The molecule has 1 aliphatic carbocycles. The number of hydrogen-bond donors (Lipinski definition) is 0. The van der Waals surface area contributed by atoms with Gasteiger partial charge >= 0.3 is 5.97 Å². The number of nitrogens with zero attached hydrogens (tertiary/aromatic N) is 5. The normalized spacial score (nSPS) is 17.7. The molecule has 3 heterocycles. The molecule has 7 heteroatoms. The SMILES string of the molecule is COC(=O)c1cc(N2CCN(C(C)C)CC2)c2c(C3CCC3)nn(-c3ccccc3)c2n1. The lowest BCUT2D eigenvalue weighted by Gasteiger charge is -2.38. The van der Waals surface area contributed by atoms with Crippen molar-refractivity contribution in [3.05, 3.63) is 47.8 Å². The highest BCUT2D eigenvalue weighted by molar-refractivity contribution is 5.99. The maximum absolute atomic E-state index is 12.5. The van der Waals surface area contributed by atoms with Crippen LogP contribution in [0.4, 0.5) is 5.69 Å². The van der Waals surface area contributed by atoms with Crippen LogP contribution in [0.3, 0.4) is 0 Å². The molecule has 1 aromatic carbocycles. The molecular formula is C25H31N5O2. The van der Waals surface area contributed by atoms with Gasteiger partial charge in [0.05, 0.1) is 29.6 Å². The van der Waals surface area contributed by atoms with E-state index >= 15 is 0 Å². The van der Waals surface area contributed by atoms with E-state index in [0.29, 0.717) is 17.7 Å². The summed E-state index contributed by atoms with van der Waals surface area (Å²) in [4.78, 5) is 22.2. The predicted octanol–water partition coefficient (Wildman–Crippen LogP) is 4.01. The number of methoxy groups -OCH3 is 1. The zero-order valence-corrected chi connectivity index (χ0v) is 19.1. The number of benzene rings is 1. The first kappa shape index (κ1) is 20.9. The number of para-hydroxylation sites is 1. The van der Waals surface area contributed by atoms with Crippen molar-refractivity contribution in [2.24, 2.45) is 0 Å². The van der Waals surface area contributed by atoms with Crippen LogP contribution in [0, 0.1) is 0 Å². The van der Waals surface area contributed by atoms with Gasteiger partial charge in [-0.2, -0.15) is 5.10 Å². The van der Waals surface area contributed by atoms with Gasteiger partial charge in [-0.1, -0.05) is 24.6 Å². The van der Waals surface area contributed by atoms with E-state index in [4.69, 9.17) is 14.8 Å². The van der Waals surface area contributed by atoms with Crippen molar-refractivity contribution in [3.63, 3.8) is 0 Å². The number of fused-ring (bicyclic) bond motifs is 1. The second kappa shape index (κ2) is 8.54. The van der Waals surface area contributed by atoms with E-state index in [0.717, 1.165) is 67.1 Å². The van der Waals surface area contributed by atoms with E-state index in [9.17, 15) is 4.79 Å². The lowest BCUT2D eigenvalue weighted by Crippen LogP contribution is -2.49. The molecular weight excluding hydrogens is 402 g/mol. The Morgan fingerprint density at radius 3 is 2.41 bits per heavy atom. The van der Waals surface area contributed by atoms with Crippen LogP contribution in [0.5, 0.6) is 0 Å². The van der Waals surface area contributed by atoms with Gasteiger partial charge in [0.25, 0.3) is 0 Å². The predicted molar refractivity (Wildman–Crippen MR) is 126 cm³/mol. The third-order valence-electron chi connectivity index (χ3n) is 6.92. The Labute approximate surface area is 189 Å². The van der Waals surface area contributed by atoms with Gasteiger partial charge in [-0.3, -0.25) is 4.90 Å². The molecule has 0 radical (unpaired) electrons. The van der Waals surface area contributed by atoms with Crippen molar-refractivity contribution in [2.45, 2.75) is 45.1 Å². The molecule has 1 saturated carbocycles. The fourth-order valence-corrected chi connectivity index (χ4v) is 4.78. The highest BCUT2D eigenvalue weighted by Gasteiger charge is 2.31. The summed E-state index contributed by atoms with van der Waals surface area (Å²) in [6.45, 7) is 8.32. The van der Waals surface area contributed by atoms with Crippen LogP contribution in [-0.2, 0) is 4.74 Å². The summed E-state index contributed by atoms with van der Waals surface area (Å²) in [5, 5.41) is 6.16. The number of ether oxygens (including phenoxy) is 1. The Kier molecular flexibility index (Phi) is 5.59. The lowest BCUT2D eigenvalue weighted by molar-refractivity contribution is 0.0594. The van der Waals surface area contributed by atoms with Crippen LogP contribution >= 0.6 is 0 Å². The van der Waals surface area contributed by atoms with E-state index in [-0.39, 0.29) is 0 Å². The van der Waals surface area contributed by atoms with Crippen LogP contribution in [0.1, 0.15) is 55.2 Å². The molecule has 0 N–H and O–H groups in total. The molecule has 2 fully saturated rings. The molecule has 2 aliphatic rings. The van der Waals surface area contributed by atoms with Gasteiger partial charge < -0.3 is 9.64 Å². The van der Waals surface area contributed by atoms with Crippen LogP contribution in [-0.4, -0.2) is 65.0 Å². The number of hydrogen-bond acceptors (Lipinski definition) is 6.